The summed E-state index contributed by atoms with van der Waals surface area (Å²) in [7, 11) is 1.36. The van der Waals surface area contributed by atoms with E-state index in [9.17, 15) is 14.5 Å². The normalized spacial score (nSPS) is 10.2. The van der Waals surface area contributed by atoms with Crippen LogP contribution in [0.5, 0.6) is 17.5 Å². The quantitative estimate of drug-likeness (QED) is 0.625. The van der Waals surface area contributed by atoms with Crippen LogP contribution in [-0.2, 0) is 0 Å². The van der Waals surface area contributed by atoms with Gasteiger partial charge in [0.05, 0.1) is 12.0 Å². The van der Waals surface area contributed by atoms with E-state index in [1.807, 2.05) is 0 Å². The Morgan fingerprint density at radius 1 is 1.35 bits per heavy atom. The Kier molecular flexibility index (Phi) is 4.14. The molecule has 0 N–H and O–H groups in total. The molecule has 1 aromatic heterocycles. The molecule has 0 radical (unpaired) electrons. The first-order valence-corrected chi connectivity index (χ1v) is 6.13. The van der Waals surface area contributed by atoms with Crippen LogP contribution in [0.3, 0.4) is 0 Å². The number of halogens is 2. The summed E-state index contributed by atoms with van der Waals surface area (Å²) in [5, 5.41) is 10.9. The molecule has 6 nitrogen and oxygen atoms in total. The first-order chi connectivity index (χ1) is 9.51. The molecule has 0 spiro atoms. The van der Waals surface area contributed by atoms with Gasteiger partial charge in [0.1, 0.15) is 0 Å². The van der Waals surface area contributed by atoms with E-state index in [1.54, 1.807) is 0 Å². The number of nitro groups is 1. The highest BCUT2D eigenvalue weighted by molar-refractivity contribution is 9.10. The van der Waals surface area contributed by atoms with Gasteiger partial charge in [-0.1, -0.05) is 15.9 Å². The van der Waals surface area contributed by atoms with Crippen LogP contribution >= 0.6 is 15.9 Å². The Morgan fingerprint density at radius 2 is 2.10 bits per heavy atom. The predicted octanol–water partition coefficient (Wildman–Crippen LogP) is 3.69. The number of pyridine rings is 1. The van der Waals surface area contributed by atoms with Crippen molar-refractivity contribution in [3.63, 3.8) is 0 Å². The molecular formula is C12H8BrFN2O4. The molecule has 8 heteroatoms. The van der Waals surface area contributed by atoms with Crippen molar-refractivity contribution >= 4 is 21.6 Å². The lowest BCUT2D eigenvalue weighted by Crippen LogP contribution is -1.99. The van der Waals surface area contributed by atoms with Gasteiger partial charge in [-0.2, -0.15) is 4.98 Å². The lowest BCUT2D eigenvalue weighted by atomic mass is 10.3. The second kappa shape index (κ2) is 5.83. The van der Waals surface area contributed by atoms with E-state index < -0.39 is 10.7 Å². The molecule has 2 aromatic rings. The lowest BCUT2D eigenvalue weighted by Gasteiger charge is -2.08. The Morgan fingerprint density at radius 3 is 2.75 bits per heavy atom. The molecule has 0 unspecified atom stereocenters. The van der Waals surface area contributed by atoms with Crippen molar-refractivity contribution in [3.8, 4) is 17.5 Å². The topological polar surface area (TPSA) is 74.5 Å². The largest absolute Gasteiger partial charge is 0.481 e. The van der Waals surface area contributed by atoms with Gasteiger partial charge in [0.25, 0.3) is 0 Å². The highest BCUT2D eigenvalue weighted by Crippen LogP contribution is 2.33. The zero-order valence-electron chi connectivity index (χ0n) is 10.2. The second-order valence-electron chi connectivity index (χ2n) is 3.61. The van der Waals surface area contributed by atoms with Gasteiger partial charge < -0.3 is 9.47 Å². The van der Waals surface area contributed by atoms with Crippen LogP contribution in [0.4, 0.5) is 10.1 Å². The van der Waals surface area contributed by atoms with Gasteiger partial charge in [-0.15, -0.1) is 0 Å². The fourth-order valence-corrected chi connectivity index (χ4v) is 1.74. The first-order valence-electron chi connectivity index (χ1n) is 5.33. The average Bonchev–Trinajstić information content (AvgIpc) is 2.42. The standard InChI is InChI=1S/C12H8BrFN2O4/c1-19-11-5-4-9(16(17)18)12(15-11)20-10-6-7(13)2-3-8(10)14/h2-6H,1H3. The van der Waals surface area contributed by atoms with E-state index in [0.29, 0.717) is 4.47 Å². The van der Waals surface area contributed by atoms with Crippen molar-refractivity contribution < 1.29 is 18.8 Å². The van der Waals surface area contributed by atoms with Crippen molar-refractivity contribution in [1.82, 2.24) is 4.98 Å². The van der Waals surface area contributed by atoms with E-state index in [0.717, 1.165) is 0 Å². The smallest absolute Gasteiger partial charge is 0.331 e. The summed E-state index contributed by atoms with van der Waals surface area (Å²) in [6, 6.07) is 6.50. The molecule has 2 rings (SSSR count). The number of benzene rings is 1. The van der Waals surface area contributed by atoms with Gasteiger partial charge in [0.2, 0.25) is 5.88 Å². The zero-order valence-corrected chi connectivity index (χ0v) is 11.8. The molecule has 20 heavy (non-hydrogen) atoms. The second-order valence-corrected chi connectivity index (χ2v) is 4.53. The van der Waals surface area contributed by atoms with Gasteiger partial charge in [0.15, 0.2) is 11.6 Å². The molecule has 104 valence electrons. The van der Waals surface area contributed by atoms with Crippen LogP contribution in [0.25, 0.3) is 0 Å². The Hall–Kier alpha value is -2.22. The van der Waals surface area contributed by atoms with Crippen LogP contribution in [0.2, 0.25) is 0 Å². The van der Waals surface area contributed by atoms with E-state index in [1.165, 1.54) is 37.4 Å². The SMILES string of the molecule is COc1ccc([N+](=O)[O-])c(Oc2cc(Br)ccc2F)n1. The van der Waals surface area contributed by atoms with Crippen molar-refractivity contribution in [2.45, 2.75) is 0 Å². The number of hydrogen-bond acceptors (Lipinski definition) is 5. The van der Waals surface area contributed by atoms with Crippen molar-refractivity contribution in [2.75, 3.05) is 7.11 Å². The predicted molar refractivity (Wildman–Crippen MR) is 71.6 cm³/mol. The summed E-state index contributed by atoms with van der Waals surface area (Å²) in [6.45, 7) is 0. The van der Waals surface area contributed by atoms with E-state index in [4.69, 9.17) is 9.47 Å². The lowest BCUT2D eigenvalue weighted by molar-refractivity contribution is -0.386. The van der Waals surface area contributed by atoms with Gasteiger partial charge in [-0.3, -0.25) is 10.1 Å². The fraction of sp³-hybridized carbons (Fsp3) is 0.0833. The van der Waals surface area contributed by atoms with E-state index in [-0.39, 0.29) is 23.2 Å². The molecule has 0 aliphatic carbocycles. The number of nitrogens with zero attached hydrogens (tertiary/aromatic N) is 2. The minimum absolute atomic E-state index is 0.126. The molecule has 1 aromatic carbocycles. The minimum atomic E-state index is -0.669. The Bertz CT molecular complexity index is 666. The summed E-state index contributed by atoms with van der Waals surface area (Å²) in [5.41, 5.74) is -0.384. The van der Waals surface area contributed by atoms with Crippen LogP contribution < -0.4 is 9.47 Å². The number of aromatic nitrogens is 1. The summed E-state index contributed by atoms with van der Waals surface area (Å²) in [6.07, 6.45) is 0. The number of rotatable bonds is 4. The highest BCUT2D eigenvalue weighted by Gasteiger charge is 2.20. The maximum absolute atomic E-state index is 13.6. The zero-order chi connectivity index (χ0) is 14.7. The van der Waals surface area contributed by atoms with Crippen molar-refractivity contribution in [1.29, 1.82) is 0 Å². The molecule has 1 heterocycles. The monoisotopic (exact) mass is 342 g/mol. The molecule has 0 saturated heterocycles. The summed E-state index contributed by atoms with van der Waals surface area (Å²) < 4.78 is 24.2. The van der Waals surface area contributed by atoms with Gasteiger partial charge in [-0.25, -0.2) is 4.39 Å². The Labute approximate surface area is 121 Å². The molecule has 0 aliphatic rings. The van der Waals surface area contributed by atoms with Crippen LogP contribution in [0.1, 0.15) is 0 Å². The third-order valence-electron chi connectivity index (χ3n) is 2.32. The highest BCUT2D eigenvalue weighted by atomic mass is 79.9. The minimum Gasteiger partial charge on any atom is -0.481 e. The molecule has 0 bridgehead atoms. The molecule has 0 aliphatic heterocycles. The molecule has 0 fully saturated rings. The third-order valence-corrected chi connectivity index (χ3v) is 2.81. The number of ether oxygens (including phenoxy) is 2. The van der Waals surface area contributed by atoms with Crippen molar-refractivity contribution in [2.24, 2.45) is 0 Å². The molecule has 0 atom stereocenters. The fourth-order valence-electron chi connectivity index (χ4n) is 1.40. The van der Waals surface area contributed by atoms with Crippen LogP contribution in [-0.4, -0.2) is 17.0 Å². The van der Waals surface area contributed by atoms with Crippen LogP contribution in [0, 0.1) is 15.9 Å². The molecular weight excluding hydrogens is 335 g/mol. The molecule has 0 amide bonds. The van der Waals surface area contributed by atoms with Gasteiger partial charge in [-0.05, 0) is 18.2 Å². The summed E-state index contributed by atoms with van der Waals surface area (Å²) in [5.74, 6) is -1.05. The maximum atomic E-state index is 13.6. The summed E-state index contributed by atoms with van der Waals surface area (Å²) in [4.78, 5) is 14.0. The van der Waals surface area contributed by atoms with E-state index in [2.05, 4.69) is 20.9 Å². The maximum Gasteiger partial charge on any atom is 0.331 e. The van der Waals surface area contributed by atoms with Crippen molar-refractivity contribution in [3.05, 3.63) is 50.7 Å². The first kappa shape index (κ1) is 14.2. The third kappa shape index (κ3) is 3.02. The molecule has 0 saturated carbocycles. The van der Waals surface area contributed by atoms with E-state index >= 15 is 0 Å². The number of hydrogen-bond donors (Lipinski definition) is 0. The van der Waals surface area contributed by atoms with Crippen LogP contribution in [0.15, 0.2) is 34.8 Å². The number of methoxy groups -OCH3 is 1. The average molecular weight is 343 g/mol. The Balaban J connectivity index is 2.45. The summed E-state index contributed by atoms with van der Waals surface area (Å²) >= 11 is 3.16. The van der Waals surface area contributed by atoms with Gasteiger partial charge in [0, 0.05) is 16.6 Å². The van der Waals surface area contributed by atoms with Gasteiger partial charge >= 0.3 is 11.6 Å².